The molecule has 3 rings (SSSR count). The average molecular weight is 392 g/mol. The largest absolute Gasteiger partial charge is 0.432 e. The van der Waals surface area contributed by atoms with Gasteiger partial charge in [0.2, 0.25) is 10.0 Å². The van der Waals surface area contributed by atoms with E-state index in [9.17, 15) is 13.2 Å². The fourth-order valence-corrected chi connectivity index (χ4v) is 4.36. The second-order valence-electron chi connectivity index (χ2n) is 6.18. The first-order valence-electron chi connectivity index (χ1n) is 8.18. The highest BCUT2D eigenvalue weighted by molar-refractivity contribution is 7.89. The number of fused-ring (bicyclic) bond motifs is 1. The molecule has 144 valence electrons. The lowest BCUT2D eigenvalue weighted by Crippen LogP contribution is -2.43. The zero-order chi connectivity index (χ0) is 19.6. The van der Waals surface area contributed by atoms with Crippen LogP contribution in [0, 0.1) is 0 Å². The monoisotopic (exact) mass is 392 g/mol. The van der Waals surface area contributed by atoms with Crippen LogP contribution in [0.4, 0.5) is 10.6 Å². The van der Waals surface area contributed by atoms with Gasteiger partial charge in [-0.25, -0.2) is 23.7 Å². The quantitative estimate of drug-likeness (QED) is 0.599. The Morgan fingerprint density at radius 1 is 1.30 bits per heavy atom. The van der Waals surface area contributed by atoms with E-state index < -0.39 is 22.3 Å². The van der Waals surface area contributed by atoms with Crippen molar-refractivity contribution in [2.45, 2.75) is 17.5 Å². The maximum absolute atomic E-state index is 13.2. The van der Waals surface area contributed by atoms with Gasteiger partial charge in [0, 0.05) is 32.4 Å². The van der Waals surface area contributed by atoms with Gasteiger partial charge in [-0.2, -0.15) is 4.31 Å². The minimum Gasteiger partial charge on any atom is -0.423 e. The lowest BCUT2D eigenvalue weighted by atomic mass is 10.00. The van der Waals surface area contributed by atoms with Crippen molar-refractivity contribution in [3.05, 3.63) is 53.7 Å². The van der Waals surface area contributed by atoms with Gasteiger partial charge in [-0.05, 0) is 24.1 Å². The van der Waals surface area contributed by atoms with Gasteiger partial charge < -0.3 is 9.64 Å². The molecule has 0 saturated heterocycles. The van der Waals surface area contributed by atoms with Gasteiger partial charge >= 0.3 is 6.09 Å². The van der Waals surface area contributed by atoms with Gasteiger partial charge in [-0.3, -0.25) is 5.21 Å². The Morgan fingerprint density at radius 2 is 2.04 bits per heavy atom. The van der Waals surface area contributed by atoms with Crippen molar-refractivity contribution in [2.75, 3.05) is 25.5 Å². The topological polar surface area (TPSA) is 112 Å². The summed E-state index contributed by atoms with van der Waals surface area (Å²) in [6, 6.07) is 10.2. The highest BCUT2D eigenvalue weighted by Gasteiger charge is 2.39. The van der Waals surface area contributed by atoms with Gasteiger partial charge in [0.05, 0.1) is 0 Å². The molecule has 0 radical (unpaired) electrons. The van der Waals surface area contributed by atoms with E-state index in [1.54, 1.807) is 37.2 Å². The number of rotatable bonds is 4. The number of nitrogens with one attached hydrogen (secondary N) is 1. The van der Waals surface area contributed by atoms with Gasteiger partial charge in [-0.1, -0.05) is 24.3 Å². The van der Waals surface area contributed by atoms with E-state index in [1.807, 2.05) is 12.1 Å². The maximum Gasteiger partial charge on any atom is 0.432 e. The molecule has 1 amide bonds. The van der Waals surface area contributed by atoms with Crippen LogP contribution in [0.15, 0.2) is 47.5 Å². The number of benzene rings is 1. The van der Waals surface area contributed by atoms with Crippen molar-refractivity contribution in [3.8, 4) is 0 Å². The van der Waals surface area contributed by atoms with Crippen molar-refractivity contribution in [1.82, 2.24) is 14.8 Å². The first kappa shape index (κ1) is 19.1. The van der Waals surface area contributed by atoms with Crippen LogP contribution < -0.4 is 10.4 Å². The Bertz CT molecular complexity index is 931. The van der Waals surface area contributed by atoms with Crippen LogP contribution >= 0.6 is 0 Å². The third kappa shape index (κ3) is 3.72. The number of hydrogen-bond donors (Lipinski definition) is 2. The van der Waals surface area contributed by atoms with E-state index in [1.165, 1.54) is 17.7 Å². The molecule has 1 unspecified atom stereocenters. The normalized spacial score (nSPS) is 17.1. The molecule has 1 aliphatic heterocycles. The molecule has 0 fully saturated rings. The zero-order valence-corrected chi connectivity index (χ0v) is 15.7. The maximum atomic E-state index is 13.2. The smallest absolute Gasteiger partial charge is 0.423 e. The molecule has 1 aromatic heterocycles. The summed E-state index contributed by atoms with van der Waals surface area (Å²) >= 11 is 0. The summed E-state index contributed by atoms with van der Waals surface area (Å²) in [5.41, 5.74) is 2.80. The minimum atomic E-state index is -3.98. The molecule has 2 N–H and O–H groups in total. The summed E-state index contributed by atoms with van der Waals surface area (Å²) in [6.07, 6.45) is -0.591. The molecular formula is C17H20N4O5S. The molecule has 2 aromatic rings. The van der Waals surface area contributed by atoms with E-state index in [4.69, 9.17) is 9.94 Å². The molecule has 1 aromatic carbocycles. The number of anilines is 1. The number of pyridine rings is 1. The second kappa shape index (κ2) is 7.51. The van der Waals surface area contributed by atoms with Crippen LogP contribution in [-0.2, 0) is 21.2 Å². The zero-order valence-electron chi connectivity index (χ0n) is 14.9. The van der Waals surface area contributed by atoms with Crippen LogP contribution in [0.3, 0.4) is 0 Å². The number of amides is 1. The fraction of sp³-hybridized carbons (Fsp3) is 0.294. The number of hydrogen-bond acceptors (Lipinski definition) is 7. The average Bonchev–Trinajstić information content (AvgIpc) is 2.68. The SMILES string of the molecule is CN(C)c1ccc(S(=O)(=O)N2CCc3ccccc3C2OC(=O)NO)cn1. The molecule has 10 heteroatoms. The fourth-order valence-electron chi connectivity index (χ4n) is 2.93. The first-order chi connectivity index (χ1) is 12.8. The van der Waals surface area contributed by atoms with Gasteiger partial charge in [0.25, 0.3) is 0 Å². The lowest BCUT2D eigenvalue weighted by molar-refractivity contribution is 0.00235. The molecule has 1 aliphatic rings. The van der Waals surface area contributed by atoms with Crippen molar-refractivity contribution >= 4 is 21.9 Å². The van der Waals surface area contributed by atoms with Crippen molar-refractivity contribution in [2.24, 2.45) is 0 Å². The molecule has 0 aliphatic carbocycles. The highest BCUT2D eigenvalue weighted by Crippen LogP contribution is 2.35. The summed E-state index contributed by atoms with van der Waals surface area (Å²) in [7, 11) is -0.382. The minimum absolute atomic E-state index is 0.00881. The summed E-state index contributed by atoms with van der Waals surface area (Å²) in [6.45, 7) is 0.123. The summed E-state index contributed by atoms with van der Waals surface area (Å²) < 4.78 is 32.6. The summed E-state index contributed by atoms with van der Waals surface area (Å²) in [4.78, 5) is 17.5. The van der Waals surface area contributed by atoms with Crippen LogP contribution in [-0.4, -0.2) is 49.6 Å². The number of hydroxylamine groups is 1. The first-order valence-corrected chi connectivity index (χ1v) is 9.62. The van der Waals surface area contributed by atoms with E-state index in [0.29, 0.717) is 17.8 Å². The van der Waals surface area contributed by atoms with E-state index in [0.717, 1.165) is 9.87 Å². The predicted molar refractivity (Wildman–Crippen MR) is 96.7 cm³/mol. The third-order valence-electron chi connectivity index (χ3n) is 4.28. The Morgan fingerprint density at radius 3 is 2.67 bits per heavy atom. The Balaban J connectivity index is 2.00. The predicted octanol–water partition coefficient (Wildman–Crippen LogP) is 1.51. The number of sulfonamides is 1. The second-order valence-corrected chi connectivity index (χ2v) is 8.07. The highest BCUT2D eigenvalue weighted by atomic mass is 32.2. The van der Waals surface area contributed by atoms with Crippen LogP contribution in [0.5, 0.6) is 0 Å². The summed E-state index contributed by atoms with van der Waals surface area (Å²) in [5.74, 6) is 0.616. The molecular weight excluding hydrogens is 372 g/mol. The van der Waals surface area contributed by atoms with Crippen LogP contribution in [0.25, 0.3) is 0 Å². The van der Waals surface area contributed by atoms with E-state index in [2.05, 4.69) is 4.98 Å². The third-order valence-corrected chi connectivity index (χ3v) is 6.11. The van der Waals surface area contributed by atoms with Crippen molar-refractivity contribution in [1.29, 1.82) is 0 Å². The molecule has 27 heavy (non-hydrogen) atoms. The molecule has 1 atom stereocenters. The van der Waals surface area contributed by atoms with E-state index >= 15 is 0 Å². The molecule has 0 saturated carbocycles. The lowest BCUT2D eigenvalue weighted by Gasteiger charge is -2.35. The van der Waals surface area contributed by atoms with Gasteiger partial charge in [0.15, 0.2) is 6.23 Å². The Kier molecular flexibility index (Phi) is 5.31. The van der Waals surface area contributed by atoms with Crippen molar-refractivity contribution < 1.29 is 23.2 Å². The van der Waals surface area contributed by atoms with Crippen LogP contribution in [0.1, 0.15) is 17.4 Å². The van der Waals surface area contributed by atoms with Gasteiger partial charge in [0.1, 0.15) is 10.7 Å². The van der Waals surface area contributed by atoms with Crippen molar-refractivity contribution in [3.63, 3.8) is 0 Å². The Labute approximate surface area is 157 Å². The Hall–Kier alpha value is -2.69. The van der Waals surface area contributed by atoms with Crippen LogP contribution in [0.2, 0.25) is 0 Å². The number of aromatic nitrogens is 1. The van der Waals surface area contributed by atoms with E-state index in [-0.39, 0.29) is 11.4 Å². The number of nitrogens with zero attached hydrogens (tertiary/aromatic N) is 3. The molecule has 2 heterocycles. The number of carbonyl (C=O) groups excluding carboxylic acids is 1. The number of carbonyl (C=O) groups is 1. The van der Waals surface area contributed by atoms with Gasteiger partial charge in [-0.15, -0.1) is 0 Å². The molecule has 0 spiro atoms. The standard InChI is InChI=1S/C17H20N4O5S/c1-20(2)15-8-7-13(11-18-15)27(24,25)21-10-9-12-5-3-4-6-14(12)16(21)26-17(22)19-23/h3-8,11,16,23H,9-10H2,1-2H3,(H,19,22). The summed E-state index contributed by atoms with van der Waals surface area (Å²) in [5, 5.41) is 8.79. The number of ether oxygens (including phenoxy) is 1. The molecule has 0 bridgehead atoms. The molecule has 9 nitrogen and oxygen atoms in total.